The molecule has 0 spiro atoms. The van der Waals surface area contributed by atoms with Crippen molar-refractivity contribution in [1.82, 2.24) is 10.3 Å². The molecular weight excluding hydrogens is 258 g/mol. The highest BCUT2D eigenvalue weighted by atomic mass is 32.1. The maximum atomic E-state index is 11.4. The summed E-state index contributed by atoms with van der Waals surface area (Å²) in [5, 5.41) is 7.03. The van der Waals surface area contributed by atoms with Gasteiger partial charge in [0.2, 0.25) is 0 Å². The van der Waals surface area contributed by atoms with E-state index in [1.54, 1.807) is 18.4 Å². The molecule has 0 bridgehead atoms. The number of hydrogen-bond acceptors (Lipinski definition) is 4. The fourth-order valence-corrected chi connectivity index (χ4v) is 2.68. The third-order valence-electron chi connectivity index (χ3n) is 2.83. The van der Waals surface area contributed by atoms with Crippen molar-refractivity contribution in [1.29, 1.82) is 0 Å². The van der Waals surface area contributed by atoms with Gasteiger partial charge in [0.1, 0.15) is 0 Å². The van der Waals surface area contributed by atoms with Crippen molar-refractivity contribution in [2.45, 2.75) is 20.4 Å². The zero-order valence-electron chi connectivity index (χ0n) is 11.3. The van der Waals surface area contributed by atoms with E-state index in [0.717, 1.165) is 22.9 Å². The van der Waals surface area contributed by atoms with Gasteiger partial charge in [-0.25, -0.2) is 4.98 Å². The number of rotatable bonds is 4. The minimum Gasteiger partial charge on any atom is -0.380 e. The number of aryl methyl sites for hydroxylation is 2. The number of nitrogens with one attached hydrogen (secondary N) is 2. The predicted octanol–water partition coefficient (Wildman–Crippen LogP) is 2.73. The second-order valence-corrected chi connectivity index (χ2v) is 5.54. The Morgan fingerprint density at radius 1 is 1.26 bits per heavy atom. The van der Waals surface area contributed by atoms with Crippen LogP contribution in [0.2, 0.25) is 0 Å². The Hall–Kier alpha value is -1.88. The van der Waals surface area contributed by atoms with Gasteiger partial charge in [0.15, 0.2) is 0 Å². The lowest BCUT2D eigenvalue weighted by Crippen LogP contribution is -2.17. The maximum absolute atomic E-state index is 11.4. The minimum atomic E-state index is -0.0690. The molecule has 2 rings (SSSR count). The molecule has 0 aliphatic heterocycles. The van der Waals surface area contributed by atoms with E-state index in [1.807, 2.05) is 38.1 Å². The van der Waals surface area contributed by atoms with Crippen LogP contribution in [0, 0.1) is 13.8 Å². The van der Waals surface area contributed by atoms with Gasteiger partial charge < -0.3 is 10.6 Å². The molecule has 2 N–H and O–H groups in total. The topological polar surface area (TPSA) is 54.0 Å². The average Bonchev–Trinajstić information content (AvgIpc) is 2.74. The van der Waals surface area contributed by atoms with Gasteiger partial charge in [-0.05, 0) is 38.1 Å². The SMILES string of the molecule is CNC(=O)c1ccc(NCc2sc(C)nc2C)cc1. The molecule has 4 nitrogen and oxygen atoms in total. The molecule has 0 unspecified atom stereocenters. The zero-order chi connectivity index (χ0) is 13.8. The third-order valence-corrected chi connectivity index (χ3v) is 3.90. The highest BCUT2D eigenvalue weighted by Gasteiger charge is 2.05. The lowest BCUT2D eigenvalue weighted by atomic mass is 10.2. The summed E-state index contributed by atoms with van der Waals surface area (Å²) in [6, 6.07) is 7.44. The smallest absolute Gasteiger partial charge is 0.251 e. The van der Waals surface area contributed by atoms with Gasteiger partial charge in [0.25, 0.3) is 5.91 Å². The molecule has 1 aromatic carbocycles. The van der Waals surface area contributed by atoms with Gasteiger partial charge in [0, 0.05) is 23.2 Å². The fourth-order valence-electron chi connectivity index (χ4n) is 1.80. The summed E-state index contributed by atoms with van der Waals surface area (Å²) in [4.78, 5) is 17.1. The molecule has 2 aromatic rings. The van der Waals surface area contributed by atoms with E-state index in [2.05, 4.69) is 15.6 Å². The van der Waals surface area contributed by atoms with Gasteiger partial charge in [-0.3, -0.25) is 4.79 Å². The Kier molecular flexibility index (Phi) is 4.16. The summed E-state index contributed by atoms with van der Waals surface area (Å²) in [6.07, 6.45) is 0. The van der Waals surface area contributed by atoms with Crippen LogP contribution in [0.25, 0.3) is 0 Å². The Morgan fingerprint density at radius 2 is 1.95 bits per heavy atom. The first-order valence-corrected chi connectivity index (χ1v) is 6.90. The van der Waals surface area contributed by atoms with Crippen LogP contribution in [0.1, 0.15) is 25.9 Å². The van der Waals surface area contributed by atoms with Crippen LogP contribution in [0.4, 0.5) is 5.69 Å². The fraction of sp³-hybridized carbons (Fsp3) is 0.286. The van der Waals surface area contributed by atoms with Crippen LogP contribution in [-0.2, 0) is 6.54 Å². The van der Waals surface area contributed by atoms with E-state index in [-0.39, 0.29) is 5.91 Å². The van der Waals surface area contributed by atoms with E-state index in [0.29, 0.717) is 5.56 Å². The van der Waals surface area contributed by atoms with Crippen molar-refractivity contribution < 1.29 is 4.79 Å². The van der Waals surface area contributed by atoms with Gasteiger partial charge in [-0.15, -0.1) is 11.3 Å². The van der Waals surface area contributed by atoms with Crippen LogP contribution < -0.4 is 10.6 Å². The van der Waals surface area contributed by atoms with Crippen LogP contribution in [0.5, 0.6) is 0 Å². The molecule has 100 valence electrons. The number of carbonyl (C=O) groups excluding carboxylic acids is 1. The number of carbonyl (C=O) groups is 1. The number of anilines is 1. The maximum Gasteiger partial charge on any atom is 0.251 e. The third kappa shape index (κ3) is 3.32. The molecule has 0 radical (unpaired) electrons. The first-order chi connectivity index (χ1) is 9.10. The first-order valence-electron chi connectivity index (χ1n) is 6.09. The quantitative estimate of drug-likeness (QED) is 0.902. The standard InChI is InChI=1S/C14H17N3OS/c1-9-13(19-10(2)17-9)8-16-12-6-4-11(5-7-12)14(18)15-3/h4-7,16H,8H2,1-3H3,(H,15,18). The summed E-state index contributed by atoms with van der Waals surface area (Å²) in [5.74, 6) is -0.0690. The molecule has 1 amide bonds. The second-order valence-electron chi connectivity index (χ2n) is 4.25. The van der Waals surface area contributed by atoms with Crippen molar-refractivity contribution >= 4 is 22.9 Å². The van der Waals surface area contributed by atoms with E-state index < -0.39 is 0 Å². The number of hydrogen-bond donors (Lipinski definition) is 2. The minimum absolute atomic E-state index is 0.0690. The molecule has 0 aliphatic rings. The highest BCUT2D eigenvalue weighted by Crippen LogP contribution is 2.19. The number of thiazole rings is 1. The Bertz CT molecular complexity index is 575. The molecule has 1 aromatic heterocycles. The van der Waals surface area contributed by atoms with Gasteiger partial charge >= 0.3 is 0 Å². The summed E-state index contributed by atoms with van der Waals surface area (Å²) in [7, 11) is 1.63. The van der Waals surface area contributed by atoms with Crippen LogP contribution in [0.15, 0.2) is 24.3 Å². The van der Waals surface area contributed by atoms with E-state index >= 15 is 0 Å². The van der Waals surface area contributed by atoms with E-state index in [1.165, 1.54) is 4.88 Å². The van der Waals surface area contributed by atoms with Gasteiger partial charge in [-0.1, -0.05) is 0 Å². The van der Waals surface area contributed by atoms with Crippen molar-refractivity contribution in [2.75, 3.05) is 12.4 Å². The summed E-state index contributed by atoms with van der Waals surface area (Å²) < 4.78 is 0. The molecule has 5 heteroatoms. The predicted molar refractivity (Wildman–Crippen MR) is 78.7 cm³/mol. The Morgan fingerprint density at radius 3 is 2.47 bits per heavy atom. The number of nitrogens with zero attached hydrogens (tertiary/aromatic N) is 1. The van der Waals surface area contributed by atoms with Crippen molar-refractivity contribution in [3.63, 3.8) is 0 Å². The highest BCUT2D eigenvalue weighted by molar-refractivity contribution is 7.11. The molecule has 0 atom stereocenters. The molecule has 1 heterocycles. The van der Waals surface area contributed by atoms with Gasteiger partial charge in [-0.2, -0.15) is 0 Å². The summed E-state index contributed by atoms with van der Waals surface area (Å²) >= 11 is 1.71. The second kappa shape index (κ2) is 5.84. The molecular formula is C14H17N3OS. The number of amides is 1. The largest absolute Gasteiger partial charge is 0.380 e. The van der Waals surface area contributed by atoms with E-state index in [4.69, 9.17) is 0 Å². The van der Waals surface area contributed by atoms with Crippen LogP contribution in [-0.4, -0.2) is 17.9 Å². The average molecular weight is 275 g/mol. The summed E-state index contributed by atoms with van der Waals surface area (Å²) in [6.45, 7) is 4.80. The molecule has 0 aliphatic carbocycles. The lowest BCUT2D eigenvalue weighted by molar-refractivity contribution is 0.0963. The molecule has 0 fully saturated rings. The number of benzene rings is 1. The summed E-state index contributed by atoms with van der Waals surface area (Å²) in [5.41, 5.74) is 2.74. The van der Waals surface area contributed by atoms with Crippen LogP contribution >= 0.6 is 11.3 Å². The lowest BCUT2D eigenvalue weighted by Gasteiger charge is -2.06. The van der Waals surface area contributed by atoms with Gasteiger partial charge in [0.05, 0.1) is 17.2 Å². The molecule has 0 saturated carbocycles. The normalized spacial score (nSPS) is 10.3. The Balaban J connectivity index is 2.00. The van der Waals surface area contributed by atoms with Crippen molar-refractivity contribution in [3.05, 3.63) is 45.4 Å². The van der Waals surface area contributed by atoms with E-state index in [9.17, 15) is 4.79 Å². The number of aromatic nitrogens is 1. The van der Waals surface area contributed by atoms with Crippen molar-refractivity contribution in [2.24, 2.45) is 0 Å². The monoisotopic (exact) mass is 275 g/mol. The van der Waals surface area contributed by atoms with Crippen molar-refractivity contribution in [3.8, 4) is 0 Å². The molecule has 19 heavy (non-hydrogen) atoms. The zero-order valence-corrected chi connectivity index (χ0v) is 12.1. The van der Waals surface area contributed by atoms with Crippen LogP contribution in [0.3, 0.4) is 0 Å². The first kappa shape index (κ1) is 13.5. The molecule has 0 saturated heterocycles. The Labute approximate surface area is 116 Å².